The number of aliphatic hydroxyl groups excluding tert-OH is 1. The highest BCUT2D eigenvalue weighted by Gasteiger charge is 2.28. The molecule has 1 heterocycles. The molecule has 3 unspecified atom stereocenters. The second kappa shape index (κ2) is 6.43. The molecule has 1 fully saturated rings. The molecule has 0 bridgehead atoms. The minimum Gasteiger partial charge on any atom is -0.390 e. The molecule has 1 N–H and O–H groups in total. The Balaban J connectivity index is 2.33. The van der Waals surface area contributed by atoms with Crippen LogP contribution in [0.2, 0.25) is 0 Å². The normalized spacial score (nSPS) is 27.6. The number of aliphatic hydroxyl groups is 1. The lowest BCUT2D eigenvalue weighted by atomic mass is 9.96. The van der Waals surface area contributed by atoms with Gasteiger partial charge in [0.2, 0.25) is 0 Å². The van der Waals surface area contributed by atoms with Crippen molar-refractivity contribution in [1.29, 1.82) is 0 Å². The predicted molar refractivity (Wildman–Crippen MR) is 58.9 cm³/mol. The molecular formula is C11H23NO3. The topological polar surface area (TPSA) is 41.9 Å². The molecule has 4 nitrogen and oxygen atoms in total. The highest BCUT2D eigenvalue weighted by molar-refractivity contribution is 4.79. The van der Waals surface area contributed by atoms with E-state index < -0.39 is 0 Å². The molecule has 0 aromatic rings. The highest BCUT2D eigenvalue weighted by Crippen LogP contribution is 2.17. The van der Waals surface area contributed by atoms with Gasteiger partial charge >= 0.3 is 0 Å². The van der Waals surface area contributed by atoms with Gasteiger partial charge in [-0.3, -0.25) is 0 Å². The van der Waals surface area contributed by atoms with Crippen molar-refractivity contribution in [1.82, 2.24) is 4.90 Å². The molecule has 4 heteroatoms. The summed E-state index contributed by atoms with van der Waals surface area (Å²) in [5.41, 5.74) is 0. The quantitative estimate of drug-likeness (QED) is 0.721. The van der Waals surface area contributed by atoms with E-state index in [2.05, 4.69) is 11.9 Å². The molecule has 1 aliphatic heterocycles. The Morgan fingerprint density at radius 3 is 2.93 bits per heavy atom. The monoisotopic (exact) mass is 217 g/mol. The number of ether oxygens (including phenoxy) is 2. The van der Waals surface area contributed by atoms with E-state index >= 15 is 0 Å². The summed E-state index contributed by atoms with van der Waals surface area (Å²) in [6.45, 7) is 5.23. The zero-order chi connectivity index (χ0) is 11.3. The zero-order valence-corrected chi connectivity index (χ0v) is 9.98. The Labute approximate surface area is 92.2 Å². The van der Waals surface area contributed by atoms with E-state index in [1.165, 1.54) is 0 Å². The van der Waals surface area contributed by atoms with Crippen LogP contribution in [0.5, 0.6) is 0 Å². The fourth-order valence-corrected chi connectivity index (χ4v) is 1.86. The summed E-state index contributed by atoms with van der Waals surface area (Å²) in [5.74, 6) is 0.224. The summed E-state index contributed by atoms with van der Waals surface area (Å²) in [6.07, 6.45) is 0.444. The number of rotatable bonds is 5. The maximum atomic E-state index is 10.1. The smallest absolute Gasteiger partial charge is 0.0963 e. The second-order valence-electron chi connectivity index (χ2n) is 4.42. The summed E-state index contributed by atoms with van der Waals surface area (Å²) in [5, 5.41) is 10.1. The van der Waals surface area contributed by atoms with E-state index in [9.17, 15) is 5.11 Å². The van der Waals surface area contributed by atoms with E-state index in [1.807, 2.05) is 6.92 Å². The minimum absolute atomic E-state index is 0.0457. The highest BCUT2D eigenvalue weighted by atomic mass is 16.5. The number of hydrogen-bond donors (Lipinski definition) is 1. The maximum absolute atomic E-state index is 10.1. The van der Waals surface area contributed by atoms with Crippen molar-refractivity contribution in [3.63, 3.8) is 0 Å². The average Bonchev–Trinajstić information content (AvgIpc) is 2.24. The van der Waals surface area contributed by atoms with Crippen LogP contribution >= 0.6 is 0 Å². The van der Waals surface area contributed by atoms with Crippen molar-refractivity contribution < 1.29 is 14.6 Å². The number of nitrogens with zero attached hydrogens (tertiary/aromatic N) is 1. The van der Waals surface area contributed by atoms with E-state index in [-0.39, 0.29) is 18.1 Å². The molecule has 0 saturated carbocycles. The third-order valence-corrected chi connectivity index (χ3v) is 3.04. The molecule has 1 rings (SSSR count). The van der Waals surface area contributed by atoms with Crippen molar-refractivity contribution in [2.45, 2.75) is 25.6 Å². The molecule has 0 spiro atoms. The second-order valence-corrected chi connectivity index (χ2v) is 4.42. The minimum atomic E-state index is -0.386. The summed E-state index contributed by atoms with van der Waals surface area (Å²) in [7, 11) is 3.74. The van der Waals surface area contributed by atoms with Gasteiger partial charge in [-0.1, -0.05) is 6.92 Å². The van der Waals surface area contributed by atoms with Gasteiger partial charge in [0.1, 0.15) is 0 Å². The molecule has 0 aliphatic carbocycles. The van der Waals surface area contributed by atoms with Gasteiger partial charge in [-0.15, -0.1) is 0 Å². The van der Waals surface area contributed by atoms with Crippen LogP contribution in [-0.4, -0.2) is 62.7 Å². The van der Waals surface area contributed by atoms with Gasteiger partial charge in [0.15, 0.2) is 0 Å². The molecule has 0 aromatic carbocycles. The number of hydrogen-bond acceptors (Lipinski definition) is 4. The molecule has 1 saturated heterocycles. The molecule has 3 atom stereocenters. The third kappa shape index (κ3) is 4.07. The van der Waals surface area contributed by atoms with E-state index in [4.69, 9.17) is 9.47 Å². The van der Waals surface area contributed by atoms with Crippen LogP contribution in [0.1, 0.15) is 13.3 Å². The predicted octanol–water partition coefficient (Wildman–Crippen LogP) is 0.350. The lowest BCUT2D eigenvalue weighted by Crippen LogP contribution is -2.48. The van der Waals surface area contributed by atoms with Gasteiger partial charge in [-0.25, -0.2) is 0 Å². The first-order valence-electron chi connectivity index (χ1n) is 5.62. The molecule has 1 aliphatic rings. The third-order valence-electron chi connectivity index (χ3n) is 3.04. The first-order chi connectivity index (χ1) is 7.15. The van der Waals surface area contributed by atoms with Gasteiger partial charge in [-0.2, -0.15) is 0 Å². The number of methoxy groups -OCH3 is 1. The first kappa shape index (κ1) is 12.9. The largest absolute Gasteiger partial charge is 0.390 e. The van der Waals surface area contributed by atoms with Gasteiger partial charge in [0, 0.05) is 26.8 Å². The van der Waals surface area contributed by atoms with Gasteiger partial charge in [-0.05, 0) is 19.4 Å². The Morgan fingerprint density at radius 2 is 2.33 bits per heavy atom. The molecule has 0 aromatic heterocycles. The number of morpholine rings is 1. The van der Waals surface area contributed by atoms with Crippen LogP contribution in [0.3, 0.4) is 0 Å². The molecule has 0 radical (unpaired) electrons. The molecular weight excluding hydrogens is 194 g/mol. The van der Waals surface area contributed by atoms with Crippen LogP contribution in [0.15, 0.2) is 0 Å². The molecule has 0 amide bonds. The Morgan fingerprint density at radius 1 is 1.60 bits per heavy atom. The van der Waals surface area contributed by atoms with E-state index in [1.54, 1.807) is 7.11 Å². The maximum Gasteiger partial charge on any atom is 0.0963 e. The van der Waals surface area contributed by atoms with Crippen molar-refractivity contribution in [2.75, 3.05) is 40.5 Å². The lowest BCUT2D eigenvalue weighted by Gasteiger charge is -2.35. The van der Waals surface area contributed by atoms with Crippen molar-refractivity contribution >= 4 is 0 Å². The average molecular weight is 217 g/mol. The van der Waals surface area contributed by atoms with Gasteiger partial charge in [0.25, 0.3) is 0 Å². The molecule has 15 heavy (non-hydrogen) atoms. The standard InChI is InChI=1S/C11H23NO3/c1-9(4-6-14-3)11(13)10-8-12(2)5-7-15-10/h9-11,13H,4-8H2,1-3H3. The van der Waals surface area contributed by atoms with Crippen LogP contribution in [0, 0.1) is 5.92 Å². The first-order valence-corrected chi connectivity index (χ1v) is 5.62. The summed E-state index contributed by atoms with van der Waals surface area (Å²) in [4.78, 5) is 2.19. The van der Waals surface area contributed by atoms with Crippen molar-refractivity contribution in [2.24, 2.45) is 5.92 Å². The van der Waals surface area contributed by atoms with E-state index in [0.29, 0.717) is 6.61 Å². The Hall–Kier alpha value is -0.160. The van der Waals surface area contributed by atoms with Crippen LogP contribution < -0.4 is 0 Å². The Bertz CT molecular complexity index is 177. The van der Waals surface area contributed by atoms with Crippen LogP contribution in [0.4, 0.5) is 0 Å². The van der Waals surface area contributed by atoms with Crippen LogP contribution in [-0.2, 0) is 9.47 Å². The number of likely N-dealkylation sites (N-methyl/N-ethyl adjacent to an activating group) is 1. The lowest BCUT2D eigenvalue weighted by molar-refractivity contribution is -0.101. The fourth-order valence-electron chi connectivity index (χ4n) is 1.86. The summed E-state index contributed by atoms with van der Waals surface area (Å²) >= 11 is 0. The summed E-state index contributed by atoms with van der Waals surface area (Å²) < 4.78 is 10.6. The Kier molecular flexibility index (Phi) is 5.53. The van der Waals surface area contributed by atoms with Crippen LogP contribution in [0.25, 0.3) is 0 Å². The van der Waals surface area contributed by atoms with Gasteiger partial charge in [0.05, 0.1) is 18.8 Å². The fraction of sp³-hybridized carbons (Fsp3) is 1.00. The van der Waals surface area contributed by atoms with E-state index in [0.717, 1.165) is 26.1 Å². The summed E-state index contributed by atoms with van der Waals surface area (Å²) in [6, 6.07) is 0. The zero-order valence-electron chi connectivity index (χ0n) is 9.98. The SMILES string of the molecule is COCCC(C)C(O)C1CN(C)CCO1. The molecule has 90 valence electrons. The van der Waals surface area contributed by atoms with Crippen molar-refractivity contribution in [3.05, 3.63) is 0 Å². The van der Waals surface area contributed by atoms with Gasteiger partial charge < -0.3 is 19.5 Å². The van der Waals surface area contributed by atoms with Crippen molar-refractivity contribution in [3.8, 4) is 0 Å².